The van der Waals surface area contributed by atoms with E-state index in [-0.39, 0.29) is 17.6 Å². The van der Waals surface area contributed by atoms with Crippen molar-refractivity contribution in [2.75, 3.05) is 25.0 Å². The predicted molar refractivity (Wildman–Crippen MR) is 151 cm³/mol. The SMILES string of the molecule is CCCC(Oc1ccccc1)C(=O)N1CCCC(CNc2cc(-c3ccccc3O)nc3c(Br)cnn23)C1. The third kappa shape index (κ3) is 5.78. The molecule has 5 rings (SSSR count). The number of nitrogens with zero attached hydrogens (tertiary/aromatic N) is 4. The number of aromatic hydroxyl groups is 1. The maximum absolute atomic E-state index is 13.5. The summed E-state index contributed by atoms with van der Waals surface area (Å²) in [6.45, 7) is 4.17. The van der Waals surface area contributed by atoms with Crippen molar-refractivity contribution < 1.29 is 14.6 Å². The normalized spacial score (nSPS) is 16.4. The van der Waals surface area contributed by atoms with Crippen molar-refractivity contribution in [3.05, 3.63) is 71.3 Å². The number of benzene rings is 2. The quantitative estimate of drug-likeness (QED) is 0.262. The average Bonchev–Trinajstić information content (AvgIpc) is 3.32. The summed E-state index contributed by atoms with van der Waals surface area (Å²) in [5.74, 6) is 2.01. The van der Waals surface area contributed by atoms with Crippen LogP contribution in [0.5, 0.6) is 11.5 Å². The molecular weight excluding hydrogens is 546 g/mol. The van der Waals surface area contributed by atoms with Gasteiger partial charge in [0.2, 0.25) is 0 Å². The minimum atomic E-state index is -0.475. The molecule has 9 heteroatoms. The summed E-state index contributed by atoms with van der Waals surface area (Å²) >= 11 is 3.54. The molecule has 3 heterocycles. The second kappa shape index (κ2) is 11.9. The lowest BCUT2D eigenvalue weighted by atomic mass is 9.97. The molecule has 0 saturated carbocycles. The second-order valence-corrected chi connectivity index (χ2v) is 10.5. The Morgan fingerprint density at radius 3 is 2.79 bits per heavy atom. The van der Waals surface area contributed by atoms with Crippen LogP contribution in [0.25, 0.3) is 16.9 Å². The largest absolute Gasteiger partial charge is 0.507 e. The Kier molecular flexibility index (Phi) is 8.12. The lowest BCUT2D eigenvalue weighted by Crippen LogP contribution is -2.47. The molecule has 2 atom stereocenters. The third-order valence-electron chi connectivity index (χ3n) is 6.86. The number of phenols is 1. The van der Waals surface area contributed by atoms with Gasteiger partial charge in [-0.05, 0) is 65.4 Å². The number of hydrogen-bond acceptors (Lipinski definition) is 6. The Bertz CT molecular complexity index is 1390. The number of piperidine rings is 1. The van der Waals surface area contributed by atoms with E-state index in [2.05, 4.69) is 33.3 Å². The number of rotatable bonds is 9. The second-order valence-electron chi connectivity index (χ2n) is 9.65. The number of anilines is 1. The van der Waals surface area contributed by atoms with Gasteiger partial charge in [0.1, 0.15) is 17.3 Å². The van der Waals surface area contributed by atoms with E-state index in [9.17, 15) is 9.90 Å². The zero-order valence-electron chi connectivity index (χ0n) is 21.4. The number of hydrogen-bond donors (Lipinski definition) is 2. The van der Waals surface area contributed by atoms with Gasteiger partial charge in [0.05, 0.1) is 16.4 Å². The van der Waals surface area contributed by atoms with Crippen molar-refractivity contribution in [2.45, 2.75) is 38.7 Å². The van der Waals surface area contributed by atoms with Crippen LogP contribution in [0.2, 0.25) is 0 Å². The maximum atomic E-state index is 13.5. The highest BCUT2D eigenvalue weighted by atomic mass is 79.9. The molecule has 0 bridgehead atoms. The summed E-state index contributed by atoms with van der Waals surface area (Å²) in [4.78, 5) is 20.1. The fourth-order valence-corrected chi connectivity index (χ4v) is 5.28. The number of aromatic nitrogens is 3. The molecule has 1 aliphatic rings. The number of phenolic OH excluding ortho intramolecular Hbond substituents is 1. The molecule has 2 aromatic heterocycles. The smallest absolute Gasteiger partial charge is 0.263 e. The molecule has 2 aromatic carbocycles. The van der Waals surface area contributed by atoms with Gasteiger partial charge in [-0.15, -0.1) is 0 Å². The number of carbonyl (C=O) groups excluding carboxylic acids is 1. The van der Waals surface area contributed by atoms with Gasteiger partial charge >= 0.3 is 0 Å². The Labute approximate surface area is 230 Å². The third-order valence-corrected chi connectivity index (χ3v) is 7.42. The van der Waals surface area contributed by atoms with Crippen LogP contribution in [0.1, 0.15) is 32.6 Å². The number of para-hydroxylation sites is 2. The Morgan fingerprint density at radius 1 is 1.21 bits per heavy atom. The molecule has 4 aromatic rings. The highest BCUT2D eigenvalue weighted by molar-refractivity contribution is 9.10. The summed E-state index contributed by atoms with van der Waals surface area (Å²) in [5.41, 5.74) is 1.97. The first-order valence-electron chi connectivity index (χ1n) is 13.1. The van der Waals surface area contributed by atoms with Crippen LogP contribution < -0.4 is 10.1 Å². The van der Waals surface area contributed by atoms with Crippen LogP contribution in [0.15, 0.2) is 71.3 Å². The van der Waals surface area contributed by atoms with Crippen molar-refractivity contribution >= 4 is 33.3 Å². The number of amides is 1. The van der Waals surface area contributed by atoms with Gasteiger partial charge in [-0.2, -0.15) is 9.61 Å². The predicted octanol–water partition coefficient (Wildman–Crippen LogP) is 5.76. The first-order valence-corrected chi connectivity index (χ1v) is 13.9. The molecule has 1 fully saturated rings. The summed E-state index contributed by atoms with van der Waals surface area (Å²) in [6.07, 6.45) is 4.77. The van der Waals surface area contributed by atoms with Gasteiger partial charge in [0, 0.05) is 31.3 Å². The molecule has 1 amide bonds. The lowest BCUT2D eigenvalue weighted by Gasteiger charge is -2.35. The van der Waals surface area contributed by atoms with Crippen molar-refractivity contribution in [3.8, 4) is 22.8 Å². The van der Waals surface area contributed by atoms with Gasteiger partial charge < -0.3 is 20.1 Å². The molecule has 8 nitrogen and oxygen atoms in total. The number of likely N-dealkylation sites (tertiary alicyclic amines) is 1. The highest BCUT2D eigenvalue weighted by Gasteiger charge is 2.30. The van der Waals surface area contributed by atoms with E-state index in [1.54, 1.807) is 22.8 Å². The monoisotopic (exact) mass is 577 g/mol. The van der Waals surface area contributed by atoms with Crippen LogP contribution in [0, 0.1) is 5.92 Å². The molecule has 2 N–H and O–H groups in total. The van der Waals surface area contributed by atoms with Crippen molar-refractivity contribution in [2.24, 2.45) is 5.92 Å². The molecule has 198 valence electrons. The summed E-state index contributed by atoms with van der Waals surface area (Å²) in [5, 5.41) is 18.4. The highest BCUT2D eigenvalue weighted by Crippen LogP contribution is 2.31. The van der Waals surface area contributed by atoms with E-state index in [0.29, 0.717) is 36.4 Å². The zero-order chi connectivity index (χ0) is 26.5. The van der Waals surface area contributed by atoms with E-state index in [1.165, 1.54) is 0 Å². The zero-order valence-corrected chi connectivity index (χ0v) is 23.0. The van der Waals surface area contributed by atoms with Gasteiger partial charge in [0.25, 0.3) is 5.91 Å². The van der Waals surface area contributed by atoms with Crippen molar-refractivity contribution in [3.63, 3.8) is 0 Å². The average molecular weight is 579 g/mol. The lowest BCUT2D eigenvalue weighted by molar-refractivity contribution is -0.140. The Morgan fingerprint density at radius 2 is 2.00 bits per heavy atom. The summed E-state index contributed by atoms with van der Waals surface area (Å²) in [6, 6.07) is 18.6. The van der Waals surface area contributed by atoms with Gasteiger partial charge in [-0.1, -0.05) is 43.7 Å². The first-order chi connectivity index (χ1) is 18.5. The van der Waals surface area contributed by atoms with Crippen molar-refractivity contribution in [1.82, 2.24) is 19.5 Å². The molecule has 38 heavy (non-hydrogen) atoms. The summed E-state index contributed by atoms with van der Waals surface area (Å²) < 4.78 is 8.62. The van der Waals surface area contributed by atoms with Crippen LogP contribution >= 0.6 is 15.9 Å². The number of ether oxygens (including phenoxy) is 1. The number of nitrogens with one attached hydrogen (secondary N) is 1. The Hall–Kier alpha value is -3.59. The molecule has 2 unspecified atom stereocenters. The van der Waals surface area contributed by atoms with E-state index in [4.69, 9.17) is 9.72 Å². The summed E-state index contributed by atoms with van der Waals surface area (Å²) in [7, 11) is 0. The standard InChI is InChI=1S/C29H32BrN5O3/c1-2-9-26(38-21-11-4-3-5-12-21)29(37)34-15-8-10-20(19-34)17-31-27-16-24(22-13-6-7-14-25(22)36)33-28-23(30)18-32-35(27)28/h3-7,11-14,16,18,20,26,31,36H,2,8-10,15,17,19H2,1H3. The van der Waals surface area contributed by atoms with E-state index >= 15 is 0 Å². The minimum Gasteiger partial charge on any atom is -0.507 e. The van der Waals surface area contributed by atoms with Gasteiger partial charge in [-0.25, -0.2) is 4.98 Å². The Balaban J connectivity index is 1.30. The number of halogens is 1. The molecule has 1 saturated heterocycles. The first kappa shape index (κ1) is 26.0. The van der Waals surface area contributed by atoms with Crippen LogP contribution in [-0.4, -0.2) is 56.2 Å². The number of carbonyl (C=O) groups is 1. The van der Waals surface area contributed by atoms with Crippen molar-refractivity contribution in [1.29, 1.82) is 0 Å². The molecule has 1 aliphatic heterocycles. The fourth-order valence-electron chi connectivity index (χ4n) is 4.93. The number of fused-ring (bicyclic) bond motifs is 1. The molecule has 0 radical (unpaired) electrons. The van der Waals surface area contributed by atoms with Crippen LogP contribution in [0.4, 0.5) is 5.82 Å². The molecular formula is C29H32BrN5O3. The van der Waals surface area contributed by atoms with E-state index in [1.807, 2.05) is 53.4 Å². The maximum Gasteiger partial charge on any atom is 0.263 e. The molecule has 0 aliphatic carbocycles. The topological polar surface area (TPSA) is 92.0 Å². The van der Waals surface area contributed by atoms with Gasteiger partial charge in [-0.3, -0.25) is 4.79 Å². The van der Waals surface area contributed by atoms with Crippen LogP contribution in [0.3, 0.4) is 0 Å². The minimum absolute atomic E-state index is 0.0598. The van der Waals surface area contributed by atoms with Crippen LogP contribution in [-0.2, 0) is 4.79 Å². The molecule has 0 spiro atoms. The fraction of sp³-hybridized carbons (Fsp3) is 0.345. The van der Waals surface area contributed by atoms with Gasteiger partial charge in [0.15, 0.2) is 11.8 Å². The van der Waals surface area contributed by atoms with E-state index in [0.717, 1.165) is 41.8 Å². The van der Waals surface area contributed by atoms with E-state index < -0.39 is 6.10 Å².